The van der Waals surface area contributed by atoms with Crippen molar-refractivity contribution in [3.8, 4) is 0 Å². The summed E-state index contributed by atoms with van der Waals surface area (Å²) in [6.07, 6.45) is -1.94. The van der Waals surface area contributed by atoms with E-state index in [4.69, 9.17) is 5.11 Å². The lowest BCUT2D eigenvalue weighted by Crippen LogP contribution is -2.38. The molecule has 0 bridgehead atoms. The fourth-order valence-electron chi connectivity index (χ4n) is 0.672. The van der Waals surface area contributed by atoms with E-state index in [9.17, 15) is 4.79 Å². The first kappa shape index (κ1) is 10.3. The Balaban J connectivity index is 4.09. The highest BCUT2D eigenvalue weighted by Crippen LogP contribution is 2.02. The van der Waals surface area contributed by atoms with Gasteiger partial charge in [0.05, 0.1) is 0 Å². The van der Waals surface area contributed by atoms with Gasteiger partial charge in [-0.05, 0) is 0 Å². The van der Waals surface area contributed by atoms with Gasteiger partial charge >= 0.3 is 5.97 Å². The van der Waals surface area contributed by atoms with E-state index < -0.39 is 18.4 Å². The number of hydrogen-bond acceptors (Lipinski definition) is 4. The van der Waals surface area contributed by atoms with E-state index in [1.807, 2.05) is 0 Å². The van der Waals surface area contributed by atoms with Gasteiger partial charge in [-0.1, -0.05) is 0 Å². The molecule has 0 aromatic heterocycles. The highest BCUT2D eigenvalue weighted by atomic mass is 16.7. The van der Waals surface area contributed by atoms with Gasteiger partial charge in [0.1, 0.15) is 0 Å². The largest absolute Gasteiger partial charge is 0.479 e. The number of carbonyl (C=O) groups is 1. The first-order valence-corrected chi connectivity index (χ1v) is 2.98. The summed E-state index contributed by atoms with van der Waals surface area (Å²) in [5, 5.41) is 8.52. The van der Waals surface area contributed by atoms with Crippen LogP contribution in [0.4, 0.5) is 0 Å². The van der Waals surface area contributed by atoms with Crippen molar-refractivity contribution < 1.29 is 24.1 Å². The van der Waals surface area contributed by atoms with E-state index in [1.54, 1.807) is 0 Å². The van der Waals surface area contributed by atoms with Crippen molar-refractivity contribution in [2.75, 3.05) is 21.3 Å². The maximum absolute atomic E-state index is 10.4. The maximum atomic E-state index is 10.4. The normalized spacial score (nSPS) is 13.5. The van der Waals surface area contributed by atoms with E-state index in [2.05, 4.69) is 14.2 Å². The fraction of sp³-hybridized carbons (Fsp3) is 0.833. The molecule has 11 heavy (non-hydrogen) atoms. The fourth-order valence-corrected chi connectivity index (χ4v) is 0.672. The summed E-state index contributed by atoms with van der Waals surface area (Å²) in [6, 6.07) is 0. The molecule has 0 amide bonds. The molecule has 0 fully saturated rings. The highest BCUT2D eigenvalue weighted by Gasteiger charge is 2.27. The second-order valence-electron chi connectivity index (χ2n) is 1.83. The minimum atomic E-state index is -1.11. The number of carboxylic acid groups (broad SMARTS) is 1. The van der Waals surface area contributed by atoms with Crippen LogP contribution < -0.4 is 0 Å². The van der Waals surface area contributed by atoms with Crippen LogP contribution in [0.15, 0.2) is 0 Å². The van der Waals surface area contributed by atoms with Gasteiger partial charge in [0, 0.05) is 21.3 Å². The molecule has 0 aliphatic rings. The summed E-state index contributed by atoms with van der Waals surface area (Å²) in [6.45, 7) is 0. The third-order valence-corrected chi connectivity index (χ3v) is 1.21. The number of carboxylic acids is 1. The zero-order chi connectivity index (χ0) is 8.85. The van der Waals surface area contributed by atoms with Crippen molar-refractivity contribution >= 4 is 5.97 Å². The number of rotatable bonds is 5. The van der Waals surface area contributed by atoms with Crippen molar-refractivity contribution in [1.29, 1.82) is 0 Å². The van der Waals surface area contributed by atoms with Crippen LogP contribution >= 0.6 is 0 Å². The molecule has 0 aromatic rings. The summed E-state index contributed by atoms with van der Waals surface area (Å²) in [7, 11) is 3.98. The lowest BCUT2D eigenvalue weighted by molar-refractivity contribution is -0.193. The van der Waals surface area contributed by atoms with Gasteiger partial charge in [-0.15, -0.1) is 0 Å². The molecule has 0 aliphatic carbocycles. The number of methoxy groups -OCH3 is 3. The lowest BCUT2D eigenvalue weighted by Gasteiger charge is -2.19. The molecular weight excluding hydrogens is 152 g/mol. The molecule has 5 nitrogen and oxygen atoms in total. The standard InChI is InChI=1S/C6H12O5/c1-9-4(5(7)8)6(10-2)11-3/h4,6H,1-3H3,(H,7,8). The Labute approximate surface area is 64.9 Å². The van der Waals surface area contributed by atoms with Crippen molar-refractivity contribution in [3.05, 3.63) is 0 Å². The predicted octanol–water partition coefficient (Wildman–Crippen LogP) is -0.295. The second kappa shape index (κ2) is 5.06. The first-order valence-electron chi connectivity index (χ1n) is 2.98. The van der Waals surface area contributed by atoms with E-state index >= 15 is 0 Å². The zero-order valence-corrected chi connectivity index (χ0v) is 6.73. The Kier molecular flexibility index (Phi) is 4.76. The Morgan fingerprint density at radius 3 is 1.73 bits per heavy atom. The minimum absolute atomic E-state index is 0.863. The third-order valence-electron chi connectivity index (χ3n) is 1.21. The molecule has 0 radical (unpaired) electrons. The molecule has 0 rings (SSSR count). The van der Waals surface area contributed by atoms with Crippen molar-refractivity contribution in [1.82, 2.24) is 0 Å². The van der Waals surface area contributed by atoms with Crippen LogP contribution in [0.2, 0.25) is 0 Å². The van der Waals surface area contributed by atoms with Crippen molar-refractivity contribution in [2.24, 2.45) is 0 Å². The van der Waals surface area contributed by atoms with E-state index in [-0.39, 0.29) is 0 Å². The molecule has 0 heterocycles. The van der Waals surface area contributed by atoms with Gasteiger partial charge in [0.15, 0.2) is 6.29 Å². The Bertz CT molecular complexity index is 120. The molecule has 0 spiro atoms. The summed E-state index contributed by atoms with van der Waals surface area (Å²) < 4.78 is 14.0. The summed E-state index contributed by atoms with van der Waals surface area (Å²) >= 11 is 0. The Hall–Kier alpha value is -0.650. The topological polar surface area (TPSA) is 65.0 Å². The van der Waals surface area contributed by atoms with Crippen LogP contribution in [0.5, 0.6) is 0 Å². The highest BCUT2D eigenvalue weighted by molar-refractivity contribution is 5.72. The van der Waals surface area contributed by atoms with Gasteiger partial charge in [-0.25, -0.2) is 4.79 Å². The SMILES string of the molecule is COC(OC)C(OC)C(=O)O. The molecule has 1 N–H and O–H groups in total. The number of hydrogen-bond donors (Lipinski definition) is 1. The van der Waals surface area contributed by atoms with Crippen LogP contribution in [0.1, 0.15) is 0 Å². The van der Waals surface area contributed by atoms with Gasteiger partial charge < -0.3 is 19.3 Å². The zero-order valence-electron chi connectivity index (χ0n) is 6.73. The predicted molar refractivity (Wildman–Crippen MR) is 36.2 cm³/mol. The molecular formula is C6H12O5. The van der Waals surface area contributed by atoms with E-state index in [0.717, 1.165) is 0 Å². The third kappa shape index (κ3) is 2.83. The molecule has 5 heteroatoms. The van der Waals surface area contributed by atoms with Crippen LogP contribution in [0, 0.1) is 0 Å². The van der Waals surface area contributed by atoms with Crippen molar-refractivity contribution in [3.63, 3.8) is 0 Å². The van der Waals surface area contributed by atoms with Crippen LogP contribution in [-0.2, 0) is 19.0 Å². The Morgan fingerprint density at radius 2 is 1.64 bits per heavy atom. The van der Waals surface area contributed by atoms with E-state index in [0.29, 0.717) is 0 Å². The molecule has 1 atom stereocenters. The Morgan fingerprint density at radius 1 is 1.18 bits per heavy atom. The van der Waals surface area contributed by atoms with Crippen LogP contribution in [0.3, 0.4) is 0 Å². The molecule has 0 saturated carbocycles. The second-order valence-corrected chi connectivity index (χ2v) is 1.83. The van der Waals surface area contributed by atoms with Gasteiger partial charge in [-0.3, -0.25) is 0 Å². The van der Waals surface area contributed by atoms with Crippen LogP contribution in [-0.4, -0.2) is 44.8 Å². The maximum Gasteiger partial charge on any atom is 0.338 e. The first-order chi connectivity index (χ1) is 5.17. The quantitative estimate of drug-likeness (QED) is 0.565. The average Bonchev–Trinajstić information content (AvgIpc) is 1.99. The smallest absolute Gasteiger partial charge is 0.338 e. The average molecular weight is 164 g/mol. The van der Waals surface area contributed by atoms with Crippen molar-refractivity contribution in [2.45, 2.75) is 12.4 Å². The molecule has 66 valence electrons. The van der Waals surface area contributed by atoms with E-state index in [1.165, 1.54) is 21.3 Å². The van der Waals surface area contributed by atoms with Crippen LogP contribution in [0.25, 0.3) is 0 Å². The minimum Gasteiger partial charge on any atom is -0.479 e. The van der Waals surface area contributed by atoms with Gasteiger partial charge in [0.25, 0.3) is 0 Å². The van der Waals surface area contributed by atoms with Gasteiger partial charge in [0.2, 0.25) is 6.10 Å². The molecule has 0 saturated heterocycles. The molecule has 1 unspecified atom stereocenters. The summed E-state index contributed by atoms with van der Waals surface area (Å²) in [4.78, 5) is 10.4. The molecule has 0 aromatic carbocycles. The number of ether oxygens (including phenoxy) is 3. The summed E-state index contributed by atoms with van der Waals surface area (Å²) in [5.74, 6) is -1.11. The summed E-state index contributed by atoms with van der Waals surface area (Å²) in [5.41, 5.74) is 0. The van der Waals surface area contributed by atoms with Gasteiger partial charge in [-0.2, -0.15) is 0 Å². The lowest BCUT2D eigenvalue weighted by atomic mass is 10.3. The monoisotopic (exact) mass is 164 g/mol. The number of aliphatic carboxylic acids is 1. The molecule has 0 aliphatic heterocycles.